The first kappa shape index (κ1) is 17.8. The Hall–Kier alpha value is -1.26. The molecule has 0 spiro atoms. The van der Waals surface area contributed by atoms with Crippen LogP contribution in [0, 0.1) is 10.8 Å². The SMILES string of the molecule is CCOC(=O)CCC1(C)CCN(C(=O)O)C(C(C)(C)C)C1. The van der Waals surface area contributed by atoms with Crippen LogP contribution >= 0.6 is 0 Å². The fourth-order valence-electron chi connectivity index (χ4n) is 3.09. The second-order valence-electron chi connectivity index (χ2n) is 7.43. The Labute approximate surface area is 127 Å². The molecule has 1 amide bonds. The lowest BCUT2D eigenvalue weighted by atomic mass is 9.68. The number of rotatable bonds is 4. The summed E-state index contributed by atoms with van der Waals surface area (Å²) in [6, 6.07) is -0.0176. The van der Waals surface area contributed by atoms with E-state index in [4.69, 9.17) is 4.74 Å². The smallest absolute Gasteiger partial charge is 0.407 e. The highest BCUT2D eigenvalue weighted by molar-refractivity contribution is 5.69. The van der Waals surface area contributed by atoms with Gasteiger partial charge >= 0.3 is 12.1 Å². The lowest BCUT2D eigenvalue weighted by Crippen LogP contribution is -2.54. The molecular formula is C16H29NO4. The van der Waals surface area contributed by atoms with Crippen molar-refractivity contribution in [3.63, 3.8) is 0 Å². The average Bonchev–Trinajstić information content (AvgIpc) is 2.35. The van der Waals surface area contributed by atoms with Gasteiger partial charge in [-0.1, -0.05) is 27.7 Å². The van der Waals surface area contributed by atoms with Gasteiger partial charge in [-0.05, 0) is 37.0 Å². The van der Waals surface area contributed by atoms with E-state index in [1.54, 1.807) is 11.8 Å². The van der Waals surface area contributed by atoms with Gasteiger partial charge in [0.15, 0.2) is 0 Å². The molecule has 1 rings (SSSR count). The highest BCUT2D eigenvalue weighted by Gasteiger charge is 2.43. The van der Waals surface area contributed by atoms with Gasteiger partial charge in [-0.25, -0.2) is 4.79 Å². The molecule has 0 aromatic rings. The number of likely N-dealkylation sites (tertiary alicyclic amines) is 1. The van der Waals surface area contributed by atoms with Crippen molar-refractivity contribution in [2.75, 3.05) is 13.2 Å². The second kappa shape index (κ2) is 6.67. The van der Waals surface area contributed by atoms with Gasteiger partial charge in [-0.2, -0.15) is 0 Å². The van der Waals surface area contributed by atoms with Crippen molar-refractivity contribution < 1.29 is 19.4 Å². The van der Waals surface area contributed by atoms with Crippen molar-refractivity contribution in [2.45, 2.75) is 66.3 Å². The van der Waals surface area contributed by atoms with E-state index in [2.05, 4.69) is 27.7 Å². The van der Waals surface area contributed by atoms with Crippen molar-refractivity contribution in [1.29, 1.82) is 0 Å². The van der Waals surface area contributed by atoms with E-state index in [0.29, 0.717) is 19.6 Å². The first-order valence-corrected chi connectivity index (χ1v) is 7.74. The molecule has 2 atom stereocenters. The van der Waals surface area contributed by atoms with Gasteiger partial charge in [0.25, 0.3) is 0 Å². The average molecular weight is 299 g/mol. The lowest BCUT2D eigenvalue weighted by Gasteiger charge is -2.49. The first-order chi connectivity index (χ1) is 9.59. The van der Waals surface area contributed by atoms with Crippen molar-refractivity contribution in [3.8, 4) is 0 Å². The lowest BCUT2D eigenvalue weighted by molar-refractivity contribution is -0.144. The predicted octanol–water partition coefficient (Wildman–Crippen LogP) is 3.52. The molecule has 1 fully saturated rings. The second-order valence-corrected chi connectivity index (χ2v) is 7.43. The quantitative estimate of drug-likeness (QED) is 0.806. The molecule has 0 aromatic heterocycles. The third-order valence-electron chi connectivity index (χ3n) is 4.50. The Kier molecular flexibility index (Phi) is 5.65. The van der Waals surface area contributed by atoms with Gasteiger partial charge in [0.2, 0.25) is 0 Å². The van der Waals surface area contributed by atoms with Crippen LogP contribution in [0.4, 0.5) is 4.79 Å². The van der Waals surface area contributed by atoms with E-state index in [9.17, 15) is 14.7 Å². The molecule has 1 N–H and O–H groups in total. The summed E-state index contributed by atoms with van der Waals surface area (Å²) < 4.78 is 4.99. The molecule has 1 heterocycles. The summed E-state index contributed by atoms with van der Waals surface area (Å²) in [6.07, 6.45) is 1.91. The van der Waals surface area contributed by atoms with Crippen molar-refractivity contribution >= 4 is 12.1 Å². The summed E-state index contributed by atoms with van der Waals surface area (Å²) in [6.45, 7) is 11.1. The van der Waals surface area contributed by atoms with Crippen LogP contribution in [0.3, 0.4) is 0 Å². The highest BCUT2D eigenvalue weighted by atomic mass is 16.5. The van der Waals surface area contributed by atoms with Crippen LogP contribution < -0.4 is 0 Å². The normalized spacial score (nSPS) is 26.5. The first-order valence-electron chi connectivity index (χ1n) is 7.74. The van der Waals surface area contributed by atoms with Crippen molar-refractivity contribution in [1.82, 2.24) is 4.90 Å². The van der Waals surface area contributed by atoms with E-state index >= 15 is 0 Å². The number of carbonyl (C=O) groups excluding carboxylic acids is 1. The van der Waals surface area contributed by atoms with E-state index in [1.165, 1.54) is 0 Å². The van der Waals surface area contributed by atoms with Crippen LogP contribution in [0.15, 0.2) is 0 Å². The van der Waals surface area contributed by atoms with E-state index in [0.717, 1.165) is 19.3 Å². The molecule has 5 nitrogen and oxygen atoms in total. The number of carboxylic acid groups (broad SMARTS) is 1. The summed E-state index contributed by atoms with van der Waals surface area (Å²) in [7, 11) is 0. The van der Waals surface area contributed by atoms with Gasteiger partial charge < -0.3 is 14.7 Å². The minimum Gasteiger partial charge on any atom is -0.466 e. The predicted molar refractivity (Wildman–Crippen MR) is 81.2 cm³/mol. The van der Waals surface area contributed by atoms with Gasteiger partial charge in [-0.15, -0.1) is 0 Å². The molecule has 0 saturated carbocycles. The Morgan fingerprint density at radius 3 is 2.48 bits per heavy atom. The van der Waals surface area contributed by atoms with Gasteiger partial charge in [0.1, 0.15) is 0 Å². The minimum absolute atomic E-state index is 0.00332. The molecule has 0 radical (unpaired) electrons. The third-order valence-corrected chi connectivity index (χ3v) is 4.50. The van der Waals surface area contributed by atoms with Gasteiger partial charge in [0, 0.05) is 19.0 Å². The third kappa shape index (κ3) is 4.90. The molecule has 0 aromatic carbocycles. The van der Waals surface area contributed by atoms with Crippen LogP contribution in [0.5, 0.6) is 0 Å². The molecule has 122 valence electrons. The monoisotopic (exact) mass is 299 g/mol. The maximum absolute atomic E-state index is 11.6. The minimum atomic E-state index is -0.845. The van der Waals surface area contributed by atoms with E-state index in [-0.39, 0.29) is 22.8 Å². The van der Waals surface area contributed by atoms with Crippen molar-refractivity contribution in [3.05, 3.63) is 0 Å². The van der Waals surface area contributed by atoms with Crippen LogP contribution in [0.25, 0.3) is 0 Å². The Morgan fingerprint density at radius 2 is 2.00 bits per heavy atom. The number of nitrogens with zero attached hydrogens (tertiary/aromatic N) is 1. The summed E-state index contributed by atoms with van der Waals surface area (Å²) in [5.41, 5.74) is -0.110. The largest absolute Gasteiger partial charge is 0.466 e. The molecule has 0 bridgehead atoms. The summed E-state index contributed by atoms with van der Waals surface area (Å²) in [5.74, 6) is -0.160. The van der Waals surface area contributed by atoms with E-state index < -0.39 is 6.09 Å². The maximum atomic E-state index is 11.6. The number of ether oxygens (including phenoxy) is 1. The van der Waals surface area contributed by atoms with Crippen LogP contribution in [-0.4, -0.2) is 41.3 Å². The molecule has 5 heteroatoms. The molecule has 2 unspecified atom stereocenters. The summed E-state index contributed by atoms with van der Waals surface area (Å²) in [5, 5.41) is 9.38. The topological polar surface area (TPSA) is 66.8 Å². The van der Waals surface area contributed by atoms with Crippen LogP contribution in [0.1, 0.15) is 60.3 Å². The zero-order chi connectivity index (χ0) is 16.3. The van der Waals surface area contributed by atoms with Crippen LogP contribution in [0.2, 0.25) is 0 Å². The van der Waals surface area contributed by atoms with Crippen LogP contribution in [-0.2, 0) is 9.53 Å². The van der Waals surface area contributed by atoms with Crippen molar-refractivity contribution in [2.24, 2.45) is 10.8 Å². The number of hydrogen-bond donors (Lipinski definition) is 1. The standard InChI is InChI=1S/C16H29NO4/c1-6-21-13(18)7-8-16(5)9-10-17(14(19)20)12(11-16)15(2,3)4/h12H,6-11H2,1-5H3,(H,19,20). The highest BCUT2D eigenvalue weighted by Crippen LogP contribution is 2.43. The fourth-order valence-corrected chi connectivity index (χ4v) is 3.09. The Morgan fingerprint density at radius 1 is 1.38 bits per heavy atom. The van der Waals surface area contributed by atoms with Gasteiger partial charge in [-0.3, -0.25) is 4.79 Å². The molecular weight excluding hydrogens is 270 g/mol. The molecule has 1 saturated heterocycles. The zero-order valence-corrected chi connectivity index (χ0v) is 13.9. The maximum Gasteiger partial charge on any atom is 0.407 e. The number of hydrogen-bond acceptors (Lipinski definition) is 3. The van der Waals surface area contributed by atoms with E-state index in [1.807, 2.05) is 0 Å². The Bertz CT molecular complexity index is 388. The Balaban J connectivity index is 2.74. The zero-order valence-electron chi connectivity index (χ0n) is 13.9. The number of amides is 1. The number of piperidine rings is 1. The number of carbonyl (C=O) groups is 2. The molecule has 0 aliphatic carbocycles. The van der Waals surface area contributed by atoms with Gasteiger partial charge in [0.05, 0.1) is 6.61 Å². The molecule has 21 heavy (non-hydrogen) atoms. The summed E-state index contributed by atoms with van der Waals surface area (Å²) >= 11 is 0. The summed E-state index contributed by atoms with van der Waals surface area (Å²) in [4.78, 5) is 24.5. The molecule has 1 aliphatic rings. The molecule has 1 aliphatic heterocycles. The fraction of sp³-hybridized carbons (Fsp3) is 0.875. The number of esters is 1.